The van der Waals surface area contributed by atoms with Crippen LogP contribution >= 0.6 is 11.6 Å². The molecule has 0 bridgehead atoms. The number of pyridine rings is 1. The van der Waals surface area contributed by atoms with E-state index in [2.05, 4.69) is 10.3 Å². The van der Waals surface area contributed by atoms with Gasteiger partial charge in [-0.2, -0.15) is 0 Å². The van der Waals surface area contributed by atoms with Crippen LogP contribution in [0.4, 0.5) is 5.82 Å². The van der Waals surface area contributed by atoms with Gasteiger partial charge in [-0.1, -0.05) is 11.6 Å². The van der Waals surface area contributed by atoms with Crippen molar-refractivity contribution in [1.82, 2.24) is 4.98 Å². The van der Waals surface area contributed by atoms with Crippen molar-refractivity contribution >= 4 is 23.6 Å². The van der Waals surface area contributed by atoms with Crippen molar-refractivity contribution in [3.63, 3.8) is 0 Å². The number of aromatic nitrogens is 1. The molecule has 4 heteroatoms. The van der Waals surface area contributed by atoms with E-state index in [-0.39, 0.29) is 0 Å². The van der Waals surface area contributed by atoms with Crippen molar-refractivity contribution in [2.45, 2.75) is 6.92 Å². The van der Waals surface area contributed by atoms with E-state index in [9.17, 15) is 0 Å². The zero-order valence-electron chi connectivity index (χ0n) is 6.98. The molecular formula is C8H10ClN3. The van der Waals surface area contributed by atoms with Crippen LogP contribution in [0, 0.1) is 12.3 Å². The van der Waals surface area contributed by atoms with Gasteiger partial charge in [-0.25, -0.2) is 4.98 Å². The van der Waals surface area contributed by atoms with Crippen molar-refractivity contribution in [3.8, 4) is 0 Å². The van der Waals surface area contributed by atoms with Crippen LogP contribution in [0.1, 0.15) is 11.1 Å². The van der Waals surface area contributed by atoms with Crippen LogP contribution in [0.3, 0.4) is 0 Å². The molecule has 0 fully saturated rings. The van der Waals surface area contributed by atoms with Crippen LogP contribution < -0.4 is 5.32 Å². The van der Waals surface area contributed by atoms with Crippen LogP contribution in [0.2, 0.25) is 5.15 Å². The standard InChI is InChI=1S/C8H10ClN3/c1-5-3-7(9)12-8(11-2)6(5)4-10/h3-4,10H,1-2H3,(H,11,12). The number of anilines is 1. The first kappa shape index (κ1) is 9.00. The predicted octanol–water partition coefficient (Wildman–Crippen LogP) is 2.08. The fourth-order valence-electron chi connectivity index (χ4n) is 1.02. The summed E-state index contributed by atoms with van der Waals surface area (Å²) in [6, 6.07) is 1.74. The van der Waals surface area contributed by atoms with Gasteiger partial charge in [0.2, 0.25) is 0 Å². The molecule has 64 valence electrons. The Kier molecular flexibility index (Phi) is 2.65. The third-order valence-electron chi connectivity index (χ3n) is 1.62. The fourth-order valence-corrected chi connectivity index (χ4v) is 1.26. The summed E-state index contributed by atoms with van der Waals surface area (Å²) in [5.74, 6) is 0.648. The van der Waals surface area contributed by atoms with E-state index in [1.54, 1.807) is 13.1 Å². The summed E-state index contributed by atoms with van der Waals surface area (Å²) in [6.07, 6.45) is 1.27. The molecule has 2 N–H and O–H groups in total. The summed E-state index contributed by atoms with van der Waals surface area (Å²) in [5.41, 5.74) is 1.73. The molecule has 0 unspecified atom stereocenters. The highest BCUT2D eigenvalue weighted by molar-refractivity contribution is 6.29. The molecule has 1 rings (SSSR count). The Bertz CT molecular complexity index is 309. The number of hydrogen-bond donors (Lipinski definition) is 2. The Morgan fingerprint density at radius 1 is 1.67 bits per heavy atom. The van der Waals surface area contributed by atoms with Crippen molar-refractivity contribution in [2.75, 3.05) is 12.4 Å². The number of halogens is 1. The Balaban J connectivity index is 3.33. The van der Waals surface area contributed by atoms with E-state index in [1.165, 1.54) is 6.21 Å². The summed E-state index contributed by atoms with van der Waals surface area (Å²) >= 11 is 5.73. The maximum atomic E-state index is 7.15. The molecule has 12 heavy (non-hydrogen) atoms. The lowest BCUT2D eigenvalue weighted by Gasteiger charge is -2.06. The molecule has 0 amide bonds. The van der Waals surface area contributed by atoms with Crippen LogP contribution in [0.25, 0.3) is 0 Å². The van der Waals surface area contributed by atoms with Gasteiger partial charge < -0.3 is 10.7 Å². The number of nitrogens with one attached hydrogen (secondary N) is 2. The third-order valence-corrected chi connectivity index (χ3v) is 1.81. The summed E-state index contributed by atoms with van der Waals surface area (Å²) < 4.78 is 0. The highest BCUT2D eigenvalue weighted by atomic mass is 35.5. The first-order valence-electron chi connectivity index (χ1n) is 3.54. The van der Waals surface area contributed by atoms with E-state index < -0.39 is 0 Å². The molecule has 3 nitrogen and oxygen atoms in total. The van der Waals surface area contributed by atoms with Crippen molar-refractivity contribution < 1.29 is 0 Å². The second-order valence-electron chi connectivity index (χ2n) is 2.42. The zero-order valence-corrected chi connectivity index (χ0v) is 7.74. The molecule has 0 aliphatic carbocycles. The molecular weight excluding hydrogens is 174 g/mol. The SMILES string of the molecule is CNc1nc(Cl)cc(C)c1C=N. The number of aryl methyl sites for hydroxylation is 1. The topological polar surface area (TPSA) is 48.8 Å². The van der Waals surface area contributed by atoms with E-state index in [4.69, 9.17) is 17.0 Å². The minimum atomic E-state index is 0.447. The fraction of sp³-hybridized carbons (Fsp3) is 0.250. The monoisotopic (exact) mass is 183 g/mol. The van der Waals surface area contributed by atoms with Crippen molar-refractivity contribution in [2.24, 2.45) is 0 Å². The molecule has 0 aliphatic heterocycles. The molecule has 0 atom stereocenters. The number of nitrogens with zero attached hydrogens (tertiary/aromatic N) is 1. The lowest BCUT2D eigenvalue weighted by atomic mass is 10.1. The Labute approximate surface area is 76.3 Å². The first-order chi connectivity index (χ1) is 5.69. The van der Waals surface area contributed by atoms with Gasteiger partial charge in [0.25, 0.3) is 0 Å². The smallest absolute Gasteiger partial charge is 0.136 e. The van der Waals surface area contributed by atoms with E-state index in [1.807, 2.05) is 6.92 Å². The summed E-state index contributed by atoms with van der Waals surface area (Å²) in [6.45, 7) is 1.90. The average Bonchev–Trinajstić information content (AvgIpc) is 2.03. The summed E-state index contributed by atoms with van der Waals surface area (Å²) in [4.78, 5) is 4.03. The summed E-state index contributed by atoms with van der Waals surface area (Å²) in [5, 5.41) is 10.5. The summed E-state index contributed by atoms with van der Waals surface area (Å²) in [7, 11) is 1.76. The number of hydrogen-bond acceptors (Lipinski definition) is 3. The first-order valence-corrected chi connectivity index (χ1v) is 3.92. The van der Waals surface area contributed by atoms with Gasteiger partial charge in [-0.3, -0.25) is 0 Å². The van der Waals surface area contributed by atoms with Crippen LogP contribution in [0.5, 0.6) is 0 Å². The molecule has 0 spiro atoms. The predicted molar refractivity (Wildman–Crippen MR) is 51.4 cm³/mol. The minimum Gasteiger partial charge on any atom is -0.373 e. The Hall–Kier alpha value is -1.09. The molecule has 0 radical (unpaired) electrons. The van der Waals surface area contributed by atoms with E-state index >= 15 is 0 Å². The van der Waals surface area contributed by atoms with E-state index in [0.717, 1.165) is 11.1 Å². The van der Waals surface area contributed by atoms with Gasteiger partial charge >= 0.3 is 0 Å². The quantitative estimate of drug-likeness (QED) is 0.545. The molecule has 0 aromatic carbocycles. The highest BCUT2D eigenvalue weighted by Crippen LogP contribution is 2.18. The molecule has 1 aromatic rings. The largest absolute Gasteiger partial charge is 0.373 e. The maximum Gasteiger partial charge on any atom is 0.136 e. The molecule has 0 aliphatic rings. The Morgan fingerprint density at radius 3 is 2.83 bits per heavy atom. The lowest BCUT2D eigenvalue weighted by molar-refractivity contribution is 1.24. The lowest BCUT2D eigenvalue weighted by Crippen LogP contribution is -2.00. The molecule has 0 saturated carbocycles. The Morgan fingerprint density at radius 2 is 2.33 bits per heavy atom. The zero-order chi connectivity index (χ0) is 9.14. The van der Waals surface area contributed by atoms with E-state index in [0.29, 0.717) is 11.0 Å². The van der Waals surface area contributed by atoms with Gasteiger partial charge in [0.05, 0.1) is 0 Å². The maximum absolute atomic E-state index is 7.15. The molecule has 1 heterocycles. The van der Waals surface area contributed by atoms with Crippen molar-refractivity contribution in [3.05, 3.63) is 22.3 Å². The molecule has 0 saturated heterocycles. The van der Waals surface area contributed by atoms with Crippen LogP contribution in [-0.2, 0) is 0 Å². The third kappa shape index (κ3) is 1.56. The molecule has 1 aromatic heterocycles. The minimum absolute atomic E-state index is 0.447. The van der Waals surface area contributed by atoms with Gasteiger partial charge in [-0.05, 0) is 18.6 Å². The van der Waals surface area contributed by atoms with Gasteiger partial charge in [-0.15, -0.1) is 0 Å². The van der Waals surface area contributed by atoms with Crippen LogP contribution in [-0.4, -0.2) is 18.2 Å². The van der Waals surface area contributed by atoms with Gasteiger partial charge in [0, 0.05) is 18.8 Å². The number of rotatable bonds is 2. The van der Waals surface area contributed by atoms with Gasteiger partial charge in [0.15, 0.2) is 0 Å². The second-order valence-corrected chi connectivity index (χ2v) is 2.81. The van der Waals surface area contributed by atoms with Crippen molar-refractivity contribution in [1.29, 1.82) is 5.41 Å². The van der Waals surface area contributed by atoms with Crippen LogP contribution in [0.15, 0.2) is 6.07 Å². The van der Waals surface area contributed by atoms with Gasteiger partial charge in [0.1, 0.15) is 11.0 Å². The average molecular weight is 184 g/mol. The highest BCUT2D eigenvalue weighted by Gasteiger charge is 2.04. The second kappa shape index (κ2) is 3.54. The normalized spacial score (nSPS) is 9.58.